The van der Waals surface area contributed by atoms with Gasteiger partial charge in [-0.25, -0.2) is 4.98 Å². The zero-order valence-electron chi connectivity index (χ0n) is 9.25. The second-order valence-corrected chi connectivity index (χ2v) is 7.52. The standard InChI is InChI=1S/C11H10Br2N2S2/c1-5(2)9-8(13)11(16)15-10(14-9)6-3-4-7(12)17-6/h3-5H,1-2H3,(H,14,15,16). The van der Waals surface area contributed by atoms with Crippen molar-refractivity contribution in [1.82, 2.24) is 9.97 Å². The molecule has 2 aromatic rings. The molecular formula is C11H10Br2N2S2. The number of thiophene rings is 1. The summed E-state index contributed by atoms with van der Waals surface area (Å²) in [5, 5.41) is 0. The number of nitrogens with zero attached hydrogens (tertiary/aromatic N) is 1. The molecule has 0 saturated heterocycles. The van der Waals surface area contributed by atoms with E-state index in [0.29, 0.717) is 10.6 Å². The summed E-state index contributed by atoms with van der Waals surface area (Å²) >= 11 is 13.8. The zero-order valence-corrected chi connectivity index (χ0v) is 14.1. The number of H-pyrrole nitrogens is 1. The monoisotopic (exact) mass is 392 g/mol. The number of nitrogens with one attached hydrogen (secondary N) is 1. The van der Waals surface area contributed by atoms with Gasteiger partial charge in [-0.3, -0.25) is 0 Å². The predicted molar refractivity (Wildman–Crippen MR) is 82.2 cm³/mol. The Bertz CT molecular complexity index is 602. The number of aromatic amines is 1. The second-order valence-electron chi connectivity index (χ2n) is 3.88. The van der Waals surface area contributed by atoms with Crippen molar-refractivity contribution in [1.29, 1.82) is 0 Å². The Morgan fingerprint density at radius 3 is 2.59 bits per heavy atom. The van der Waals surface area contributed by atoms with Crippen molar-refractivity contribution >= 4 is 55.4 Å². The lowest BCUT2D eigenvalue weighted by Gasteiger charge is -2.10. The molecule has 2 aromatic heterocycles. The Hall–Kier alpha value is -0.0400. The number of hydrogen-bond donors (Lipinski definition) is 1. The maximum absolute atomic E-state index is 5.27. The number of aromatic nitrogens is 2. The highest BCUT2D eigenvalue weighted by atomic mass is 79.9. The first kappa shape index (κ1) is 13.4. The minimum absolute atomic E-state index is 0.372. The van der Waals surface area contributed by atoms with Crippen molar-refractivity contribution in [3.63, 3.8) is 0 Å². The fraction of sp³-hybridized carbons (Fsp3) is 0.273. The first-order valence-corrected chi connectivity index (χ1v) is 7.85. The molecule has 0 aliphatic carbocycles. The molecule has 0 aliphatic heterocycles. The lowest BCUT2D eigenvalue weighted by atomic mass is 10.1. The Balaban J connectivity index is 2.61. The van der Waals surface area contributed by atoms with Gasteiger partial charge in [-0.2, -0.15) is 0 Å². The summed E-state index contributed by atoms with van der Waals surface area (Å²) in [6, 6.07) is 4.04. The number of halogens is 2. The molecule has 90 valence electrons. The van der Waals surface area contributed by atoms with E-state index in [9.17, 15) is 0 Å². The number of rotatable bonds is 2. The third-order valence-electron chi connectivity index (χ3n) is 2.27. The summed E-state index contributed by atoms with van der Waals surface area (Å²) in [7, 11) is 0. The van der Waals surface area contributed by atoms with Gasteiger partial charge < -0.3 is 4.98 Å². The van der Waals surface area contributed by atoms with Gasteiger partial charge in [-0.05, 0) is 49.9 Å². The van der Waals surface area contributed by atoms with Gasteiger partial charge in [-0.15, -0.1) is 11.3 Å². The van der Waals surface area contributed by atoms with Gasteiger partial charge in [-0.1, -0.05) is 26.1 Å². The van der Waals surface area contributed by atoms with Gasteiger partial charge in [0.15, 0.2) is 0 Å². The molecule has 2 nitrogen and oxygen atoms in total. The van der Waals surface area contributed by atoms with Crippen LogP contribution in [-0.4, -0.2) is 9.97 Å². The molecule has 0 atom stereocenters. The molecule has 0 fully saturated rings. The normalized spacial score (nSPS) is 11.1. The third kappa shape index (κ3) is 2.86. The first-order valence-electron chi connectivity index (χ1n) is 5.04. The molecule has 6 heteroatoms. The van der Waals surface area contributed by atoms with Crippen molar-refractivity contribution in [2.75, 3.05) is 0 Å². The van der Waals surface area contributed by atoms with Crippen LogP contribution in [0.4, 0.5) is 0 Å². The van der Waals surface area contributed by atoms with Gasteiger partial charge in [0.25, 0.3) is 0 Å². The van der Waals surface area contributed by atoms with Crippen LogP contribution in [0, 0.1) is 4.64 Å². The van der Waals surface area contributed by atoms with E-state index in [4.69, 9.17) is 12.2 Å². The minimum Gasteiger partial charge on any atom is -0.341 e. The van der Waals surface area contributed by atoms with Crippen molar-refractivity contribution in [2.45, 2.75) is 19.8 Å². The fourth-order valence-corrected chi connectivity index (χ4v) is 3.61. The number of hydrogen-bond acceptors (Lipinski definition) is 3. The van der Waals surface area contributed by atoms with Crippen molar-refractivity contribution < 1.29 is 0 Å². The molecule has 0 spiro atoms. The van der Waals surface area contributed by atoms with E-state index >= 15 is 0 Å². The van der Waals surface area contributed by atoms with Crippen LogP contribution in [0.15, 0.2) is 20.4 Å². The summed E-state index contributed by atoms with van der Waals surface area (Å²) in [5.41, 5.74) is 1.09. The highest BCUT2D eigenvalue weighted by Gasteiger charge is 2.11. The summed E-state index contributed by atoms with van der Waals surface area (Å²) in [4.78, 5) is 8.83. The molecule has 0 unspecified atom stereocenters. The molecule has 2 rings (SSSR count). The quantitative estimate of drug-likeness (QED) is 0.680. The minimum atomic E-state index is 0.372. The van der Waals surface area contributed by atoms with Crippen LogP contribution in [0.25, 0.3) is 10.7 Å². The highest BCUT2D eigenvalue weighted by molar-refractivity contribution is 9.11. The maximum Gasteiger partial charge on any atom is 0.149 e. The largest absolute Gasteiger partial charge is 0.341 e. The molecule has 0 radical (unpaired) electrons. The molecule has 1 N–H and O–H groups in total. The molecule has 17 heavy (non-hydrogen) atoms. The van der Waals surface area contributed by atoms with Crippen LogP contribution in [0.2, 0.25) is 0 Å². The van der Waals surface area contributed by atoms with Gasteiger partial charge >= 0.3 is 0 Å². The molecular weight excluding hydrogens is 384 g/mol. The van der Waals surface area contributed by atoms with E-state index in [1.165, 1.54) is 0 Å². The average molecular weight is 394 g/mol. The summed E-state index contributed by atoms with van der Waals surface area (Å²) in [6.45, 7) is 4.25. The zero-order chi connectivity index (χ0) is 12.6. The Labute approximate surface area is 126 Å². The molecule has 0 bridgehead atoms. The summed E-state index contributed by atoms with van der Waals surface area (Å²) in [5.74, 6) is 1.20. The van der Waals surface area contributed by atoms with E-state index in [2.05, 4.69) is 55.7 Å². The van der Waals surface area contributed by atoms with E-state index in [1.54, 1.807) is 11.3 Å². The predicted octanol–water partition coefficient (Wildman–Crippen LogP) is 5.52. The maximum atomic E-state index is 5.27. The van der Waals surface area contributed by atoms with Crippen LogP contribution in [0.3, 0.4) is 0 Å². The van der Waals surface area contributed by atoms with Gasteiger partial charge in [0.2, 0.25) is 0 Å². The fourth-order valence-electron chi connectivity index (χ4n) is 1.43. The lowest BCUT2D eigenvalue weighted by Crippen LogP contribution is -1.99. The van der Waals surface area contributed by atoms with Crippen LogP contribution in [0.5, 0.6) is 0 Å². The van der Waals surface area contributed by atoms with Gasteiger partial charge in [0.1, 0.15) is 10.5 Å². The van der Waals surface area contributed by atoms with Crippen LogP contribution >= 0.6 is 55.4 Å². The Morgan fingerprint density at radius 1 is 1.35 bits per heavy atom. The summed E-state index contributed by atoms with van der Waals surface area (Å²) < 4.78 is 2.58. The lowest BCUT2D eigenvalue weighted by molar-refractivity contribution is 0.807. The Kier molecular flexibility index (Phi) is 4.18. The van der Waals surface area contributed by atoms with E-state index < -0.39 is 0 Å². The molecule has 0 amide bonds. The molecule has 0 aliphatic rings. The molecule has 0 saturated carbocycles. The third-order valence-corrected chi connectivity index (χ3v) is 5.27. The van der Waals surface area contributed by atoms with Gasteiger partial charge in [0, 0.05) is 5.69 Å². The highest BCUT2D eigenvalue weighted by Crippen LogP contribution is 2.31. The van der Waals surface area contributed by atoms with Crippen LogP contribution in [0.1, 0.15) is 25.5 Å². The topological polar surface area (TPSA) is 28.7 Å². The molecule has 2 heterocycles. The Morgan fingerprint density at radius 2 is 2.06 bits per heavy atom. The van der Waals surface area contributed by atoms with Crippen molar-refractivity contribution in [2.24, 2.45) is 0 Å². The second kappa shape index (κ2) is 5.30. The smallest absolute Gasteiger partial charge is 0.149 e. The average Bonchev–Trinajstić information content (AvgIpc) is 2.68. The van der Waals surface area contributed by atoms with Crippen molar-refractivity contribution in [3.8, 4) is 10.7 Å². The van der Waals surface area contributed by atoms with E-state index in [-0.39, 0.29) is 0 Å². The van der Waals surface area contributed by atoms with E-state index in [0.717, 1.165) is 24.7 Å². The van der Waals surface area contributed by atoms with Crippen molar-refractivity contribution in [3.05, 3.63) is 30.7 Å². The first-order chi connectivity index (χ1) is 7.99. The SMILES string of the molecule is CC(C)c1[nH]c(-c2ccc(Br)s2)nc(=S)c1Br. The van der Waals surface area contributed by atoms with Gasteiger partial charge in [0.05, 0.1) is 13.1 Å². The van der Waals surface area contributed by atoms with E-state index in [1.807, 2.05) is 12.1 Å². The van der Waals surface area contributed by atoms with Crippen LogP contribution in [-0.2, 0) is 0 Å². The van der Waals surface area contributed by atoms with Crippen LogP contribution < -0.4 is 0 Å². The molecule has 0 aromatic carbocycles. The summed E-state index contributed by atoms with van der Waals surface area (Å²) in [6.07, 6.45) is 0.